The van der Waals surface area contributed by atoms with Crippen LogP contribution < -0.4 is 5.32 Å². The average molecular weight is 316 g/mol. The number of fused-ring (bicyclic) bond motifs is 1. The second kappa shape index (κ2) is 6.29. The van der Waals surface area contributed by atoms with Crippen LogP contribution in [-0.2, 0) is 4.74 Å². The van der Waals surface area contributed by atoms with Crippen LogP contribution in [0, 0.1) is 6.92 Å². The zero-order chi connectivity index (χ0) is 15.5. The van der Waals surface area contributed by atoms with Crippen LogP contribution in [0.4, 0.5) is 0 Å². The van der Waals surface area contributed by atoms with Gasteiger partial charge in [-0.05, 0) is 31.2 Å². The monoisotopic (exact) mass is 316 g/mol. The van der Waals surface area contributed by atoms with Crippen LogP contribution in [0.3, 0.4) is 0 Å². The van der Waals surface area contributed by atoms with E-state index < -0.39 is 0 Å². The third-order valence-electron chi connectivity index (χ3n) is 3.23. The molecule has 0 aliphatic rings. The van der Waals surface area contributed by atoms with Crippen LogP contribution in [0.15, 0.2) is 40.8 Å². The van der Waals surface area contributed by atoms with Crippen LogP contribution in [0.1, 0.15) is 27.4 Å². The molecule has 0 unspecified atom stereocenters. The molecule has 2 aromatic heterocycles. The molecule has 5 nitrogen and oxygen atoms in total. The maximum atomic E-state index is 12.4. The number of benzene rings is 1. The van der Waals surface area contributed by atoms with Crippen LogP contribution >= 0.6 is 11.3 Å². The number of nitrogens with one attached hydrogen (secondary N) is 1. The number of methoxy groups -OCH3 is 1. The molecule has 3 aromatic rings. The number of furan rings is 1. The van der Waals surface area contributed by atoms with E-state index in [0.29, 0.717) is 17.4 Å². The van der Waals surface area contributed by atoms with E-state index in [1.165, 1.54) is 11.3 Å². The maximum Gasteiger partial charge on any atom is 0.280 e. The van der Waals surface area contributed by atoms with E-state index >= 15 is 0 Å². The van der Waals surface area contributed by atoms with Crippen molar-refractivity contribution >= 4 is 27.5 Å². The Morgan fingerprint density at radius 2 is 2.18 bits per heavy atom. The van der Waals surface area contributed by atoms with E-state index in [2.05, 4.69) is 10.3 Å². The summed E-state index contributed by atoms with van der Waals surface area (Å²) < 4.78 is 11.7. The van der Waals surface area contributed by atoms with Gasteiger partial charge in [0.05, 0.1) is 16.8 Å². The molecule has 0 spiro atoms. The molecule has 3 rings (SSSR count). The van der Waals surface area contributed by atoms with Crippen molar-refractivity contribution in [2.45, 2.75) is 13.0 Å². The highest BCUT2D eigenvalue weighted by Crippen LogP contribution is 2.23. The Hall–Kier alpha value is -2.18. The van der Waals surface area contributed by atoms with Gasteiger partial charge in [-0.2, -0.15) is 0 Å². The van der Waals surface area contributed by atoms with Crippen molar-refractivity contribution < 1.29 is 13.9 Å². The summed E-state index contributed by atoms with van der Waals surface area (Å²) in [6.45, 7) is 2.20. The number of hydrogen-bond acceptors (Lipinski definition) is 5. The predicted octanol–water partition coefficient (Wildman–Crippen LogP) is 3.32. The molecule has 0 saturated heterocycles. The topological polar surface area (TPSA) is 64.4 Å². The minimum Gasteiger partial charge on any atom is -0.464 e. The summed E-state index contributed by atoms with van der Waals surface area (Å²) in [4.78, 5) is 16.8. The van der Waals surface area contributed by atoms with Crippen molar-refractivity contribution in [2.75, 3.05) is 13.7 Å². The molecular weight excluding hydrogens is 300 g/mol. The zero-order valence-electron chi connectivity index (χ0n) is 12.3. The Balaban J connectivity index is 1.81. The number of para-hydroxylation sites is 1. The number of amides is 1. The number of ether oxygens (including phenoxy) is 1. The number of thiazole rings is 1. The lowest BCUT2D eigenvalue weighted by Crippen LogP contribution is -2.31. The first-order valence-electron chi connectivity index (χ1n) is 6.89. The highest BCUT2D eigenvalue weighted by molar-refractivity contribution is 7.20. The Bertz CT molecular complexity index is 760. The molecule has 0 bridgehead atoms. The number of aromatic nitrogens is 1. The molecule has 0 radical (unpaired) electrons. The lowest BCUT2D eigenvalue weighted by molar-refractivity contribution is 0.0882. The van der Waals surface area contributed by atoms with Crippen LogP contribution in [-0.4, -0.2) is 24.6 Å². The predicted molar refractivity (Wildman–Crippen MR) is 85.1 cm³/mol. The average Bonchev–Trinajstić information content (AvgIpc) is 3.12. The number of rotatable bonds is 5. The number of carbonyl (C=O) groups excluding carboxylic acids is 1. The summed E-state index contributed by atoms with van der Waals surface area (Å²) in [6.07, 6.45) is 0. The first-order valence-corrected chi connectivity index (χ1v) is 7.70. The summed E-state index contributed by atoms with van der Waals surface area (Å²) in [5.74, 6) is 1.25. The van der Waals surface area contributed by atoms with Gasteiger partial charge in [-0.3, -0.25) is 4.79 Å². The highest BCUT2D eigenvalue weighted by atomic mass is 32.1. The first kappa shape index (κ1) is 14.7. The van der Waals surface area contributed by atoms with E-state index in [-0.39, 0.29) is 11.9 Å². The fraction of sp³-hybridized carbons (Fsp3) is 0.250. The third kappa shape index (κ3) is 3.03. The standard InChI is InChI=1S/C16H16N2O3S/c1-10-7-8-13(21-10)12(9-20-2)17-15(19)16-18-11-5-3-4-6-14(11)22-16/h3-8,12H,9H2,1-2H3,(H,17,19)/t12-/m0/s1. The van der Waals surface area contributed by atoms with Crippen molar-refractivity contribution in [3.8, 4) is 0 Å². The molecule has 22 heavy (non-hydrogen) atoms. The molecule has 114 valence electrons. The summed E-state index contributed by atoms with van der Waals surface area (Å²) in [6, 6.07) is 11.1. The molecule has 0 aliphatic carbocycles. The van der Waals surface area contributed by atoms with Gasteiger partial charge in [0.1, 0.15) is 17.6 Å². The van der Waals surface area contributed by atoms with E-state index in [1.54, 1.807) is 7.11 Å². The minimum atomic E-state index is -0.335. The lowest BCUT2D eigenvalue weighted by atomic mass is 10.2. The third-order valence-corrected chi connectivity index (χ3v) is 4.27. The Kier molecular flexibility index (Phi) is 4.22. The van der Waals surface area contributed by atoms with Crippen molar-refractivity contribution in [2.24, 2.45) is 0 Å². The minimum absolute atomic E-state index is 0.225. The zero-order valence-corrected chi connectivity index (χ0v) is 13.1. The van der Waals surface area contributed by atoms with Gasteiger partial charge >= 0.3 is 0 Å². The quantitative estimate of drug-likeness (QED) is 0.784. The van der Waals surface area contributed by atoms with Gasteiger partial charge in [-0.1, -0.05) is 12.1 Å². The molecule has 2 heterocycles. The Morgan fingerprint density at radius 1 is 1.36 bits per heavy atom. The lowest BCUT2D eigenvalue weighted by Gasteiger charge is -2.14. The fourth-order valence-electron chi connectivity index (χ4n) is 2.19. The van der Waals surface area contributed by atoms with Crippen molar-refractivity contribution in [3.63, 3.8) is 0 Å². The molecule has 6 heteroatoms. The van der Waals surface area contributed by atoms with Gasteiger partial charge in [0.25, 0.3) is 5.91 Å². The van der Waals surface area contributed by atoms with Crippen LogP contribution in [0.25, 0.3) is 10.2 Å². The van der Waals surface area contributed by atoms with Gasteiger partial charge in [-0.25, -0.2) is 4.98 Å². The Labute approximate surface area is 131 Å². The van der Waals surface area contributed by atoms with Crippen LogP contribution in [0.2, 0.25) is 0 Å². The summed E-state index contributed by atoms with van der Waals surface area (Å²) >= 11 is 1.37. The van der Waals surface area contributed by atoms with Crippen LogP contribution in [0.5, 0.6) is 0 Å². The number of hydrogen-bond donors (Lipinski definition) is 1. The first-order chi connectivity index (χ1) is 10.7. The molecule has 1 N–H and O–H groups in total. The molecule has 0 fully saturated rings. The number of carbonyl (C=O) groups is 1. The molecule has 0 saturated carbocycles. The molecular formula is C16H16N2O3S. The highest BCUT2D eigenvalue weighted by Gasteiger charge is 2.20. The second-order valence-corrected chi connectivity index (χ2v) is 5.95. The SMILES string of the molecule is COC[C@H](NC(=O)c1nc2ccccc2s1)c1ccc(C)o1. The van der Waals surface area contributed by atoms with Crippen molar-refractivity contribution in [1.82, 2.24) is 10.3 Å². The molecule has 1 amide bonds. The van der Waals surface area contributed by atoms with E-state index in [1.807, 2.05) is 43.3 Å². The second-order valence-electron chi connectivity index (χ2n) is 4.92. The smallest absolute Gasteiger partial charge is 0.280 e. The van der Waals surface area contributed by atoms with Gasteiger partial charge in [0, 0.05) is 7.11 Å². The largest absolute Gasteiger partial charge is 0.464 e. The van der Waals surface area contributed by atoms with Gasteiger partial charge in [0.15, 0.2) is 5.01 Å². The van der Waals surface area contributed by atoms with Gasteiger partial charge in [-0.15, -0.1) is 11.3 Å². The number of nitrogens with zero attached hydrogens (tertiary/aromatic N) is 1. The maximum absolute atomic E-state index is 12.4. The Morgan fingerprint density at radius 3 is 2.86 bits per heavy atom. The van der Waals surface area contributed by atoms with Gasteiger partial charge in [0.2, 0.25) is 0 Å². The normalized spacial score (nSPS) is 12.5. The molecule has 1 aromatic carbocycles. The van der Waals surface area contributed by atoms with Gasteiger partial charge < -0.3 is 14.5 Å². The summed E-state index contributed by atoms with van der Waals surface area (Å²) in [7, 11) is 1.59. The fourth-order valence-corrected chi connectivity index (χ4v) is 3.06. The number of aryl methyl sites for hydroxylation is 1. The van der Waals surface area contributed by atoms with E-state index in [4.69, 9.17) is 9.15 Å². The molecule has 1 atom stereocenters. The van der Waals surface area contributed by atoms with E-state index in [0.717, 1.165) is 16.0 Å². The molecule has 0 aliphatic heterocycles. The summed E-state index contributed by atoms with van der Waals surface area (Å²) in [5.41, 5.74) is 0.829. The van der Waals surface area contributed by atoms with Crippen molar-refractivity contribution in [3.05, 3.63) is 52.9 Å². The van der Waals surface area contributed by atoms with E-state index in [9.17, 15) is 4.79 Å². The summed E-state index contributed by atoms with van der Waals surface area (Å²) in [5, 5.41) is 3.35. The van der Waals surface area contributed by atoms with Crippen molar-refractivity contribution in [1.29, 1.82) is 0 Å².